The van der Waals surface area contributed by atoms with Crippen LogP contribution in [0.3, 0.4) is 0 Å². The van der Waals surface area contributed by atoms with Crippen molar-refractivity contribution in [2.24, 2.45) is 5.92 Å². The Bertz CT molecular complexity index is 2670. The third-order valence-electron chi connectivity index (χ3n) is 10.7. The van der Waals surface area contributed by atoms with Gasteiger partial charge in [-0.25, -0.2) is 28.2 Å². The molecule has 17 nitrogen and oxygen atoms in total. The van der Waals surface area contributed by atoms with Gasteiger partial charge < -0.3 is 29.1 Å². The van der Waals surface area contributed by atoms with Crippen molar-refractivity contribution in [2.45, 2.75) is 57.4 Å². The molecule has 3 N–H and O–H groups in total. The van der Waals surface area contributed by atoms with E-state index in [0.717, 1.165) is 18.4 Å². The number of piperidine rings is 1. The van der Waals surface area contributed by atoms with Crippen LogP contribution in [0.2, 0.25) is 0 Å². The van der Waals surface area contributed by atoms with Gasteiger partial charge in [-0.05, 0) is 92.5 Å². The molecule has 2 aromatic carbocycles. The number of nitrogens with one attached hydrogen (secondary N) is 3. The number of hydrogen-bond acceptors (Lipinski definition) is 12. The van der Waals surface area contributed by atoms with Crippen LogP contribution in [0.1, 0.15) is 83.1 Å². The van der Waals surface area contributed by atoms with E-state index in [1.807, 2.05) is 6.07 Å². The number of benzene rings is 2. The largest absolute Gasteiger partial charge is 0.444 e. The van der Waals surface area contributed by atoms with Crippen molar-refractivity contribution in [3.8, 4) is 17.1 Å². The quantitative estimate of drug-likeness (QED) is 0.0679. The SMILES string of the molecule is CN(CCCOCCCc1cccc2c1oc(=O)n2C1CCC(=O)NC1=O)C(=O)c1ccc(-n2cc(NC(=O)c3coc(-c4ccnc(NCC5CC5)c4)n3)c(C(F)F)n2)cc1. The molecule has 1 aliphatic carbocycles. The number of fused-ring (bicyclic) bond motifs is 1. The minimum atomic E-state index is -3.00. The molecule has 62 heavy (non-hydrogen) atoms. The van der Waals surface area contributed by atoms with E-state index in [1.54, 1.807) is 66.7 Å². The predicted octanol–water partition coefficient (Wildman–Crippen LogP) is 5.93. The Kier molecular flexibility index (Phi) is 12.3. The number of halogens is 2. The lowest BCUT2D eigenvalue weighted by Gasteiger charge is -2.21. The van der Waals surface area contributed by atoms with Gasteiger partial charge >= 0.3 is 5.76 Å². The van der Waals surface area contributed by atoms with Crippen molar-refractivity contribution < 1.29 is 41.5 Å². The smallest absolute Gasteiger partial charge is 0.420 e. The molecule has 1 saturated heterocycles. The second-order valence-corrected chi connectivity index (χ2v) is 15.2. The molecule has 0 radical (unpaired) electrons. The zero-order valence-corrected chi connectivity index (χ0v) is 33.6. The Morgan fingerprint density at radius 3 is 2.63 bits per heavy atom. The molecule has 1 atom stereocenters. The summed E-state index contributed by atoms with van der Waals surface area (Å²) < 4.78 is 47.5. The lowest BCUT2D eigenvalue weighted by atomic mass is 10.0. The zero-order chi connectivity index (χ0) is 43.3. The van der Waals surface area contributed by atoms with Crippen LogP contribution in [-0.2, 0) is 20.7 Å². The van der Waals surface area contributed by atoms with E-state index >= 15 is 0 Å². The standard InChI is InChI=1S/C43H43F2N9O8/c1-52(18-4-20-60-19-3-6-26-5-2-7-32-37(26)62-43(59)54(32)33-14-15-35(55)50-40(33)57)42(58)27-10-12-29(13-11-27)53-23-30(36(51-53)38(44)45)48-39(56)31-24-61-41(49-31)28-16-17-46-34(21-28)47-22-25-8-9-25/h2,5,7,10-13,16-17,21,23-25,33,38H,3-4,6,8-9,14-15,18-20,22H2,1H3,(H,46,47)(H,48,56)(H,50,55,57). The first-order valence-electron chi connectivity index (χ1n) is 20.3. The maximum Gasteiger partial charge on any atom is 0.420 e. The van der Waals surface area contributed by atoms with Gasteiger partial charge in [0.1, 0.15) is 18.1 Å². The summed E-state index contributed by atoms with van der Waals surface area (Å²) in [5.74, 6) is -1.09. The highest BCUT2D eigenvalue weighted by Crippen LogP contribution is 2.31. The second-order valence-electron chi connectivity index (χ2n) is 15.2. The summed E-state index contributed by atoms with van der Waals surface area (Å²) >= 11 is 0. The third-order valence-corrected chi connectivity index (χ3v) is 10.7. The first-order valence-corrected chi connectivity index (χ1v) is 20.3. The summed E-state index contributed by atoms with van der Waals surface area (Å²) in [6.07, 6.45) is 5.50. The number of carbonyl (C=O) groups is 4. The van der Waals surface area contributed by atoms with Crippen LogP contribution < -0.4 is 21.7 Å². The Morgan fingerprint density at radius 2 is 1.85 bits per heavy atom. The van der Waals surface area contributed by atoms with E-state index < -0.39 is 35.7 Å². The normalized spacial score (nSPS) is 15.3. The Labute approximate surface area is 352 Å². The molecule has 5 heterocycles. The maximum absolute atomic E-state index is 14.1. The highest BCUT2D eigenvalue weighted by Gasteiger charge is 2.32. The molecular formula is C43H43F2N9O8. The van der Waals surface area contributed by atoms with Crippen LogP contribution >= 0.6 is 0 Å². The highest BCUT2D eigenvalue weighted by molar-refractivity contribution is 6.03. The van der Waals surface area contributed by atoms with E-state index in [4.69, 9.17) is 13.6 Å². The Hall–Kier alpha value is -7.02. The van der Waals surface area contributed by atoms with Gasteiger partial charge in [0.05, 0.1) is 23.1 Å². The van der Waals surface area contributed by atoms with Crippen LogP contribution in [0.4, 0.5) is 20.3 Å². The number of alkyl halides is 2. The number of aryl methyl sites for hydroxylation is 1. The van der Waals surface area contributed by atoms with Crippen LogP contribution in [0.25, 0.3) is 28.2 Å². The topological polar surface area (TPSA) is 209 Å². The number of imide groups is 1. The minimum absolute atomic E-state index is 0.111. The summed E-state index contributed by atoms with van der Waals surface area (Å²) in [6, 6.07) is 14.3. The van der Waals surface area contributed by atoms with Crippen molar-refractivity contribution in [1.29, 1.82) is 0 Å². The van der Waals surface area contributed by atoms with Crippen molar-refractivity contribution in [3.63, 3.8) is 0 Å². The summed E-state index contributed by atoms with van der Waals surface area (Å²) in [6.45, 7) is 2.05. The third kappa shape index (κ3) is 9.46. The van der Waals surface area contributed by atoms with Gasteiger partial charge in [-0.2, -0.15) is 5.10 Å². The molecule has 8 rings (SSSR count). The average Bonchev–Trinajstić information content (AvgIpc) is 3.61. The molecule has 19 heteroatoms. The van der Waals surface area contributed by atoms with Crippen molar-refractivity contribution >= 4 is 46.2 Å². The van der Waals surface area contributed by atoms with Crippen molar-refractivity contribution in [1.82, 2.24) is 34.5 Å². The van der Waals surface area contributed by atoms with Crippen LogP contribution in [0.15, 0.2) is 86.9 Å². The Morgan fingerprint density at radius 1 is 1.05 bits per heavy atom. The van der Waals surface area contributed by atoms with Gasteiger partial charge in [-0.3, -0.25) is 29.1 Å². The summed E-state index contributed by atoms with van der Waals surface area (Å²) in [5.41, 5.74) is 2.09. The van der Waals surface area contributed by atoms with Crippen LogP contribution in [-0.4, -0.2) is 86.2 Å². The molecule has 1 unspecified atom stereocenters. The van der Waals surface area contributed by atoms with Crippen LogP contribution in [0, 0.1) is 5.92 Å². The number of amides is 4. The number of aromatic nitrogens is 5. The van der Waals surface area contributed by atoms with Gasteiger partial charge in [0.25, 0.3) is 18.2 Å². The van der Waals surface area contributed by atoms with E-state index in [9.17, 15) is 32.8 Å². The van der Waals surface area contributed by atoms with Gasteiger partial charge in [-0.1, -0.05) is 12.1 Å². The van der Waals surface area contributed by atoms with Gasteiger partial charge in [0.15, 0.2) is 17.0 Å². The number of hydrogen-bond donors (Lipinski definition) is 3. The summed E-state index contributed by atoms with van der Waals surface area (Å²) in [4.78, 5) is 73.1. The van der Waals surface area contributed by atoms with E-state index in [2.05, 4.69) is 31.0 Å². The number of pyridine rings is 1. The summed E-state index contributed by atoms with van der Waals surface area (Å²) in [7, 11) is 1.67. The van der Waals surface area contributed by atoms with Crippen molar-refractivity contribution in [3.05, 3.63) is 106 Å². The molecule has 2 aliphatic rings. The number of anilines is 2. The monoisotopic (exact) mass is 851 g/mol. The molecule has 1 saturated carbocycles. The maximum atomic E-state index is 14.1. The zero-order valence-electron chi connectivity index (χ0n) is 33.6. The molecule has 2 fully saturated rings. The predicted molar refractivity (Wildman–Crippen MR) is 220 cm³/mol. The molecule has 1 aliphatic heterocycles. The van der Waals surface area contributed by atoms with E-state index in [-0.39, 0.29) is 41.9 Å². The molecule has 0 bridgehead atoms. The average molecular weight is 852 g/mol. The Balaban J connectivity index is 0.798. The number of ether oxygens (including phenoxy) is 1. The first-order chi connectivity index (χ1) is 30.0. The van der Waals surface area contributed by atoms with Crippen LogP contribution in [0.5, 0.6) is 0 Å². The second kappa shape index (κ2) is 18.3. The number of para-hydroxylation sites is 1. The molecular weight excluding hydrogens is 809 g/mol. The van der Waals surface area contributed by atoms with Gasteiger partial charge in [0.2, 0.25) is 17.7 Å². The lowest BCUT2D eigenvalue weighted by molar-refractivity contribution is -0.135. The van der Waals surface area contributed by atoms with Crippen molar-refractivity contribution in [2.75, 3.05) is 44.0 Å². The lowest BCUT2D eigenvalue weighted by Crippen LogP contribution is -2.43. The number of rotatable bonds is 18. The minimum Gasteiger partial charge on any atom is -0.444 e. The fourth-order valence-electron chi connectivity index (χ4n) is 7.19. The molecule has 322 valence electrons. The van der Waals surface area contributed by atoms with E-state index in [1.165, 1.54) is 28.3 Å². The van der Waals surface area contributed by atoms with Gasteiger partial charge in [-0.15, -0.1) is 0 Å². The summed E-state index contributed by atoms with van der Waals surface area (Å²) in [5, 5.41) is 12.0. The molecule has 4 amide bonds. The molecule has 0 spiro atoms. The molecule has 6 aromatic rings. The fraction of sp³-hybridized carbons (Fsp3) is 0.349. The number of nitrogens with zero attached hydrogens (tertiary/aromatic N) is 6. The number of oxazole rings is 2. The first kappa shape index (κ1) is 41.7. The molecule has 4 aromatic heterocycles. The van der Waals surface area contributed by atoms with E-state index in [0.29, 0.717) is 78.7 Å². The fourth-order valence-corrected chi connectivity index (χ4v) is 7.19. The van der Waals surface area contributed by atoms with Gasteiger partial charge in [0, 0.05) is 57.1 Å². The highest BCUT2D eigenvalue weighted by atomic mass is 19.3. The number of carbonyl (C=O) groups excluding carboxylic acids is 4.